The lowest BCUT2D eigenvalue weighted by Crippen LogP contribution is -2.44. The molecular weight excluding hydrogens is 399 g/mol. The van der Waals surface area contributed by atoms with Crippen molar-refractivity contribution in [1.82, 2.24) is 9.88 Å². The van der Waals surface area contributed by atoms with Gasteiger partial charge in [0.15, 0.2) is 0 Å². The number of likely N-dealkylation sites (N-methyl/N-ethyl adjacent to an activating group) is 1. The summed E-state index contributed by atoms with van der Waals surface area (Å²) in [5, 5.41) is 3.86. The standard InChI is InChI=1S/C23H25FN4OS/c1-16-25-23(17-3-5-18(24)6-4-17)21(30-16)15-22(29)26-19-7-9-20(10-8-19)28-13-11-27(2)12-14-28/h3-10H,11-15H2,1-2H3,(H,26,29). The van der Waals surface area contributed by atoms with Crippen molar-refractivity contribution in [2.24, 2.45) is 0 Å². The number of hydrogen-bond acceptors (Lipinski definition) is 5. The van der Waals surface area contributed by atoms with Gasteiger partial charge in [0.1, 0.15) is 5.82 Å². The van der Waals surface area contributed by atoms with Crippen LogP contribution in [0.5, 0.6) is 0 Å². The third-order valence-electron chi connectivity index (χ3n) is 5.26. The Morgan fingerprint density at radius 1 is 1.07 bits per heavy atom. The largest absolute Gasteiger partial charge is 0.369 e. The number of aryl methyl sites for hydroxylation is 1. The molecule has 1 fully saturated rings. The van der Waals surface area contributed by atoms with Crippen molar-refractivity contribution >= 4 is 28.6 Å². The smallest absolute Gasteiger partial charge is 0.229 e. The van der Waals surface area contributed by atoms with Gasteiger partial charge in [-0.25, -0.2) is 9.37 Å². The number of aromatic nitrogens is 1. The van der Waals surface area contributed by atoms with Crippen LogP contribution in [0, 0.1) is 12.7 Å². The second-order valence-electron chi connectivity index (χ2n) is 7.57. The van der Waals surface area contributed by atoms with E-state index in [4.69, 9.17) is 0 Å². The Labute approximate surface area is 180 Å². The monoisotopic (exact) mass is 424 g/mol. The Morgan fingerprint density at radius 2 is 1.73 bits per heavy atom. The topological polar surface area (TPSA) is 48.5 Å². The van der Waals surface area contributed by atoms with Crippen molar-refractivity contribution in [2.75, 3.05) is 43.4 Å². The molecule has 2 heterocycles. The molecule has 0 atom stereocenters. The average Bonchev–Trinajstić information content (AvgIpc) is 3.09. The molecule has 30 heavy (non-hydrogen) atoms. The van der Waals surface area contributed by atoms with Gasteiger partial charge in [0.05, 0.1) is 17.1 Å². The van der Waals surface area contributed by atoms with Crippen molar-refractivity contribution in [3.63, 3.8) is 0 Å². The maximum atomic E-state index is 13.2. The molecule has 0 saturated carbocycles. The molecule has 4 rings (SSSR count). The van der Waals surface area contributed by atoms with Crippen LogP contribution in [0.1, 0.15) is 9.88 Å². The number of benzene rings is 2. The summed E-state index contributed by atoms with van der Waals surface area (Å²) in [6.07, 6.45) is 0.235. The van der Waals surface area contributed by atoms with Crippen molar-refractivity contribution in [3.05, 3.63) is 64.2 Å². The highest BCUT2D eigenvalue weighted by Gasteiger charge is 2.16. The minimum Gasteiger partial charge on any atom is -0.369 e. The summed E-state index contributed by atoms with van der Waals surface area (Å²) >= 11 is 1.50. The van der Waals surface area contributed by atoms with Crippen LogP contribution in [0.3, 0.4) is 0 Å². The van der Waals surface area contributed by atoms with Gasteiger partial charge < -0.3 is 15.1 Å². The van der Waals surface area contributed by atoms with Crippen LogP contribution in [0.2, 0.25) is 0 Å². The lowest BCUT2D eigenvalue weighted by atomic mass is 10.1. The van der Waals surface area contributed by atoms with E-state index in [1.54, 1.807) is 12.1 Å². The number of rotatable bonds is 5. The molecule has 2 aromatic carbocycles. The lowest BCUT2D eigenvalue weighted by molar-refractivity contribution is -0.115. The Hall–Kier alpha value is -2.77. The van der Waals surface area contributed by atoms with E-state index in [1.165, 1.54) is 29.2 Å². The first-order valence-corrected chi connectivity index (χ1v) is 10.9. The molecule has 5 nitrogen and oxygen atoms in total. The van der Waals surface area contributed by atoms with E-state index in [0.717, 1.165) is 53.0 Å². The molecule has 1 saturated heterocycles. The molecule has 1 N–H and O–H groups in total. The minimum absolute atomic E-state index is 0.0886. The second kappa shape index (κ2) is 8.93. The number of nitrogens with one attached hydrogen (secondary N) is 1. The Balaban J connectivity index is 1.41. The highest BCUT2D eigenvalue weighted by molar-refractivity contribution is 7.12. The summed E-state index contributed by atoms with van der Waals surface area (Å²) in [5.41, 5.74) is 3.53. The fourth-order valence-corrected chi connectivity index (χ4v) is 4.55. The summed E-state index contributed by atoms with van der Waals surface area (Å²) in [6.45, 7) is 6.06. The number of carbonyl (C=O) groups excluding carboxylic acids is 1. The number of anilines is 2. The summed E-state index contributed by atoms with van der Waals surface area (Å²) in [5.74, 6) is -0.376. The number of halogens is 1. The number of amides is 1. The van der Waals surface area contributed by atoms with E-state index in [9.17, 15) is 9.18 Å². The zero-order valence-electron chi connectivity index (χ0n) is 17.2. The number of carbonyl (C=O) groups is 1. The van der Waals surface area contributed by atoms with Gasteiger partial charge in [0, 0.05) is 48.0 Å². The van der Waals surface area contributed by atoms with E-state index in [0.29, 0.717) is 0 Å². The van der Waals surface area contributed by atoms with Crippen LogP contribution in [0.25, 0.3) is 11.3 Å². The zero-order chi connectivity index (χ0) is 21.1. The molecule has 1 aliphatic rings. The Morgan fingerprint density at radius 3 is 2.40 bits per heavy atom. The molecule has 0 aliphatic carbocycles. The molecule has 156 valence electrons. The van der Waals surface area contributed by atoms with Crippen LogP contribution in [-0.4, -0.2) is 49.0 Å². The molecule has 7 heteroatoms. The first kappa shape index (κ1) is 20.5. The molecular formula is C23H25FN4OS. The first-order chi connectivity index (χ1) is 14.5. The van der Waals surface area contributed by atoms with Gasteiger partial charge in [0.2, 0.25) is 5.91 Å². The molecule has 0 unspecified atom stereocenters. The molecule has 1 aliphatic heterocycles. The van der Waals surface area contributed by atoms with Crippen molar-refractivity contribution in [2.45, 2.75) is 13.3 Å². The van der Waals surface area contributed by atoms with Crippen LogP contribution >= 0.6 is 11.3 Å². The second-order valence-corrected chi connectivity index (χ2v) is 8.86. The third kappa shape index (κ3) is 4.86. The van der Waals surface area contributed by atoms with Gasteiger partial charge in [-0.05, 0) is 62.5 Å². The van der Waals surface area contributed by atoms with Crippen LogP contribution in [0.4, 0.5) is 15.8 Å². The van der Waals surface area contributed by atoms with Gasteiger partial charge in [-0.2, -0.15) is 0 Å². The van der Waals surface area contributed by atoms with Gasteiger partial charge in [-0.1, -0.05) is 0 Å². The van der Waals surface area contributed by atoms with Crippen molar-refractivity contribution in [3.8, 4) is 11.3 Å². The summed E-state index contributed by atoms with van der Waals surface area (Å²) in [6, 6.07) is 14.2. The minimum atomic E-state index is -0.287. The van der Waals surface area contributed by atoms with Crippen LogP contribution < -0.4 is 10.2 Å². The normalized spacial score (nSPS) is 14.7. The summed E-state index contributed by atoms with van der Waals surface area (Å²) in [7, 11) is 2.14. The number of nitrogens with zero attached hydrogens (tertiary/aromatic N) is 3. The quantitative estimate of drug-likeness (QED) is 0.667. The van der Waals surface area contributed by atoms with Crippen molar-refractivity contribution < 1.29 is 9.18 Å². The van der Waals surface area contributed by atoms with E-state index in [-0.39, 0.29) is 18.1 Å². The summed E-state index contributed by atoms with van der Waals surface area (Å²) in [4.78, 5) is 22.8. The average molecular weight is 425 g/mol. The molecule has 1 aromatic heterocycles. The van der Waals surface area contributed by atoms with Gasteiger partial charge in [0.25, 0.3) is 0 Å². The number of piperazine rings is 1. The molecule has 1 amide bonds. The van der Waals surface area contributed by atoms with Gasteiger partial charge in [-0.15, -0.1) is 11.3 Å². The van der Waals surface area contributed by atoms with Gasteiger partial charge in [-0.3, -0.25) is 4.79 Å². The fraction of sp³-hybridized carbons (Fsp3) is 0.304. The van der Waals surface area contributed by atoms with E-state index in [2.05, 4.69) is 39.3 Å². The van der Waals surface area contributed by atoms with E-state index in [1.807, 2.05) is 19.1 Å². The SMILES string of the molecule is Cc1nc(-c2ccc(F)cc2)c(CC(=O)Nc2ccc(N3CCN(C)CC3)cc2)s1. The molecule has 0 bridgehead atoms. The van der Waals surface area contributed by atoms with Crippen LogP contribution in [0.15, 0.2) is 48.5 Å². The Kier molecular flexibility index (Phi) is 6.11. The van der Waals surface area contributed by atoms with E-state index < -0.39 is 0 Å². The molecule has 0 radical (unpaired) electrons. The highest BCUT2D eigenvalue weighted by atomic mass is 32.1. The third-order valence-corrected chi connectivity index (χ3v) is 6.23. The first-order valence-electron chi connectivity index (χ1n) is 10.0. The zero-order valence-corrected chi connectivity index (χ0v) is 18.0. The van der Waals surface area contributed by atoms with Gasteiger partial charge >= 0.3 is 0 Å². The predicted octanol–water partition coefficient (Wildman–Crippen LogP) is 4.19. The highest BCUT2D eigenvalue weighted by Crippen LogP contribution is 2.29. The Bertz CT molecular complexity index is 1010. The lowest BCUT2D eigenvalue weighted by Gasteiger charge is -2.34. The molecule has 0 spiro atoms. The maximum Gasteiger partial charge on any atom is 0.229 e. The number of hydrogen-bond donors (Lipinski definition) is 1. The van der Waals surface area contributed by atoms with Crippen LogP contribution in [-0.2, 0) is 11.2 Å². The number of thiazole rings is 1. The van der Waals surface area contributed by atoms with E-state index >= 15 is 0 Å². The maximum absolute atomic E-state index is 13.2. The molecule has 3 aromatic rings. The van der Waals surface area contributed by atoms with Crippen molar-refractivity contribution in [1.29, 1.82) is 0 Å². The summed E-state index contributed by atoms with van der Waals surface area (Å²) < 4.78 is 13.2. The predicted molar refractivity (Wildman–Crippen MR) is 121 cm³/mol. The fourth-order valence-electron chi connectivity index (χ4n) is 3.59.